The zero-order chi connectivity index (χ0) is 15.8. The minimum Gasteiger partial charge on any atom is -0.314 e. The smallest absolute Gasteiger partial charge is 0.262 e. The largest absolute Gasteiger partial charge is 0.314 e. The molecule has 1 fully saturated rings. The summed E-state index contributed by atoms with van der Waals surface area (Å²) >= 11 is 0. The van der Waals surface area contributed by atoms with Crippen LogP contribution in [0.4, 0.5) is 0 Å². The Labute approximate surface area is 133 Å². The number of para-hydroxylation sites is 1. The number of fused-ring (bicyclic) bond motifs is 3. The van der Waals surface area contributed by atoms with Gasteiger partial charge in [-0.25, -0.2) is 0 Å². The van der Waals surface area contributed by atoms with Crippen molar-refractivity contribution in [2.75, 3.05) is 26.2 Å². The molecule has 1 aliphatic rings. The third-order valence-electron chi connectivity index (χ3n) is 4.47. The number of hydrogen-bond acceptors (Lipinski definition) is 5. The topological polar surface area (TPSA) is 67.5 Å². The monoisotopic (exact) mass is 312 g/mol. The number of rotatable bonds is 3. The molecule has 4 rings (SSSR count). The number of piperazine rings is 1. The Morgan fingerprint density at radius 2 is 1.96 bits per heavy atom. The van der Waals surface area contributed by atoms with Crippen LogP contribution in [0.5, 0.6) is 0 Å². The molecule has 120 valence electrons. The van der Waals surface area contributed by atoms with Crippen LogP contribution in [0.15, 0.2) is 29.1 Å². The molecule has 0 saturated carbocycles. The van der Waals surface area contributed by atoms with Crippen molar-refractivity contribution in [1.29, 1.82) is 0 Å². The van der Waals surface area contributed by atoms with Crippen LogP contribution in [0, 0.1) is 0 Å². The molecule has 1 saturated heterocycles. The van der Waals surface area contributed by atoms with Crippen LogP contribution in [0.25, 0.3) is 16.7 Å². The minimum absolute atomic E-state index is 0.00303. The van der Waals surface area contributed by atoms with Crippen LogP contribution < -0.4 is 10.9 Å². The molecule has 0 spiro atoms. The summed E-state index contributed by atoms with van der Waals surface area (Å²) in [5, 5.41) is 12.7. The molecule has 0 aliphatic carbocycles. The Balaban J connectivity index is 1.92. The van der Waals surface area contributed by atoms with Crippen molar-refractivity contribution < 1.29 is 0 Å². The number of hydrogen-bond donors (Lipinski definition) is 1. The van der Waals surface area contributed by atoms with E-state index in [4.69, 9.17) is 0 Å². The lowest BCUT2D eigenvalue weighted by atomic mass is 10.2. The van der Waals surface area contributed by atoms with E-state index in [0.29, 0.717) is 17.7 Å². The fraction of sp³-hybridized carbons (Fsp3) is 0.438. The van der Waals surface area contributed by atoms with Crippen molar-refractivity contribution in [3.63, 3.8) is 0 Å². The highest BCUT2D eigenvalue weighted by molar-refractivity contribution is 5.80. The fourth-order valence-corrected chi connectivity index (χ4v) is 3.27. The molecule has 0 atom stereocenters. The molecule has 7 nitrogen and oxygen atoms in total. The van der Waals surface area contributed by atoms with Gasteiger partial charge in [-0.3, -0.25) is 18.7 Å². The Morgan fingerprint density at radius 3 is 2.74 bits per heavy atom. The first-order valence-corrected chi connectivity index (χ1v) is 8.08. The summed E-state index contributed by atoms with van der Waals surface area (Å²) in [7, 11) is 0. The van der Waals surface area contributed by atoms with Crippen molar-refractivity contribution in [3.05, 3.63) is 40.4 Å². The first-order valence-electron chi connectivity index (χ1n) is 8.08. The third kappa shape index (κ3) is 2.32. The molecule has 0 unspecified atom stereocenters. The van der Waals surface area contributed by atoms with Gasteiger partial charge >= 0.3 is 0 Å². The molecule has 0 amide bonds. The Bertz CT molecular complexity index is 906. The fourth-order valence-electron chi connectivity index (χ4n) is 3.27. The van der Waals surface area contributed by atoms with Crippen LogP contribution in [-0.4, -0.2) is 50.2 Å². The highest BCUT2D eigenvalue weighted by Crippen LogP contribution is 2.15. The zero-order valence-electron chi connectivity index (χ0n) is 13.2. The molecular weight excluding hydrogens is 292 g/mol. The van der Waals surface area contributed by atoms with Gasteiger partial charge in [0.15, 0.2) is 5.82 Å². The van der Waals surface area contributed by atoms with E-state index >= 15 is 0 Å². The zero-order valence-corrected chi connectivity index (χ0v) is 13.2. The summed E-state index contributed by atoms with van der Waals surface area (Å²) < 4.78 is 3.72. The molecule has 1 aliphatic heterocycles. The molecule has 0 radical (unpaired) electrons. The number of aryl methyl sites for hydroxylation is 1. The van der Waals surface area contributed by atoms with Gasteiger partial charge in [0.2, 0.25) is 5.78 Å². The average molecular weight is 312 g/mol. The lowest BCUT2D eigenvalue weighted by Gasteiger charge is -2.26. The molecule has 0 bridgehead atoms. The quantitative estimate of drug-likeness (QED) is 0.761. The highest BCUT2D eigenvalue weighted by Gasteiger charge is 2.18. The summed E-state index contributed by atoms with van der Waals surface area (Å²) in [5.41, 5.74) is 0.879. The Morgan fingerprint density at radius 1 is 1.17 bits per heavy atom. The Kier molecular flexibility index (Phi) is 3.59. The van der Waals surface area contributed by atoms with Gasteiger partial charge in [-0.15, -0.1) is 10.2 Å². The van der Waals surface area contributed by atoms with E-state index in [1.807, 2.05) is 35.6 Å². The van der Waals surface area contributed by atoms with E-state index in [9.17, 15) is 4.79 Å². The van der Waals surface area contributed by atoms with Crippen LogP contribution in [0.1, 0.15) is 12.7 Å². The maximum Gasteiger partial charge on any atom is 0.262 e. The van der Waals surface area contributed by atoms with Crippen molar-refractivity contribution in [1.82, 2.24) is 29.4 Å². The van der Waals surface area contributed by atoms with E-state index in [1.165, 1.54) is 0 Å². The van der Waals surface area contributed by atoms with Gasteiger partial charge in [0.1, 0.15) is 0 Å². The second-order valence-corrected chi connectivity index (χ2v) is 5.84. The maximum absolute atomic E-state index is 12.6. The third-order valence-corrected chi connectivity index (χ3v) is 4.47. The van der Waals surface area contributed by atoms with Gasteiger partial charge in [-0.05, 0) is 19.1 Å². The van der Waals surface area contributed by atoms with Crippen molar-refractivity contribution in [2.24, 2.45) is 0 Å². The predicted molar refractivity (Wildman–Crippen MR) is 88.6 cm³/mol. The Hall–Kier alpha value is -2.25. The minimum atomic E-state index is -0.00303. The molecule has 1 aromatic carbocycles. The van der Waals surface area contributed by atoms with Crippen molar-refractivity contribution in [2.45, 2.75) is 20.0 Å². The summed E-state index contributed by atoms with van der Waals surface area (Å²) in [6.07, 6.45) is 0. The average Bonchev–Trinajstić information content (AvgIpc) is 3.00. The van der Waals surface area contributed by atoms with Gasteiger partial charge in [-0.2, -0.15) is 0 Å². The summed E-state index contributed by atoms with van der Waals surface area (Å²) in [5.74, 6) is 1.52. The van der Waals surface area contributed by atoms with Crippen LogP contribution in [0.3, 0.4) is 0 Å². The molecule has 3 aromatic rings. The molecular formula is C16H20N6O. The van der Waals surface area contributed by atoms with E-state index < -0.39 is 0 Å². The number of nitrogens with one attached hydrogen (secondary N) is 1. The van der Waals surface area contributed by atoms with E-state index in [-0.39, 0.29) is 5.56 Å². The molecule has 2 aromatic heterocycles. The SMILES string of the molecule is CCn1c(=O)c2ccccc2n2c(CN3CCNCC3)nnc12. The van der Waals surface area contributed by atoms with Gasteiger partial charge < -0.3 is 5.32 Å². The van der Waals surface area contributed by atoms with Gasteiger partial charge in [0, 0.05) is 32.7 Å². The summed E-state index contributed by atoms with van der Waals surface area (Å²) in [6.45, 7) is 7.28. The van der Waals surface area contributed by atoms with Crippen LogP contribution in [0.2, 0.25) is 0 Å². The molecule has 23 heavy (non-hydrogen) atoms. The molecule has 1 N–H and O–H groups in total. The standard InChI is InChI=1S/C16H20N6O/c1-2-21-15(23)12-5-3-4-6-13(12)22-14(18-19-16(21)22)11-20-9-7-17-8-10-20/h3-6,17H,2,7-11H2,1H3. The lowest BCUT2D eigenvalue weighted by Crippen LogP contribution is -2.43. The first kappa shape index (κ1) is 14.3. The second-order valence-electron chi connectivity index (χ2n) is 5.84. The van der Waals surface area contributed by atoms with Crippen LogP contribution in [-0.2, 0) is 13.1 Å². The summed E-state index contributed by atoms with van der Waals surface area (Å²) in [4.78, 5) is 15.0. The van der Waals surface area contributed by atoms with E-state index in [1.54, 1.807) is 4.57 Å². The highest BCUT2D eigenvalue weighted by atomic mass is 16.1. The maximum atomic E-state index is 12.6. The van der Waals surface area contributed by atoms with E-state index in [0.717, 1.165) is 44.1 Å². The number of benzene rings is 1. The van der Waals surface area contributed by atoms with Crippen LogP contribution >= 0.6 is 0 Å². The molecule has 7 heteroatoms. The first-order chi connectivity index (χ1) is 11.3. The van der Waals surface area contributed by atoms with E-state index in [2.05, 4.69) is 20.4 Å². The number of aromatic nitrogens is 4. The van der Waals surface area contributed by atoms with Crippen molar-refractivity contribution in [3.8, 4) is 0 Å². The summed E-state index contributed by atoms with van der Waals surface area (Å²) in [6, 6.07) is 7.69. The van der Waals surface area contributed by atoms with Gasteiger partial charge in [-0.1, -0.05) is 12.1 Å². The predicted octanol–water partition coefficient (Wildman–Crippen LogP) is 0.469. The number of nitrogens with zero attached hydrogens (tertiary/aromatic N) is 5. The molecule has 3 heterocycles. The van der Waals surface area contributed by atoms with Gasteiger partial charge in [0.05, 0.1) is 17.4 Å². The normalized spacial score (nSPS) is 16.4. The van der Waals surface area contributed by atoms with Crippen molar-refractivity contribution >= 4 is 16.7 Å². The second kappa shape index (κ2) is 5.75. The lowest BCUT2D eigenvalue weighted by molar-refractivity contribution is 0.227. The van der Waals surface area contributed by atoms with Gasteiger partial charge in [0.25, 0.3) is 5.56 Å².